The molecule has 0 unspecified atom stereocenters. The standard InChI is InChI=1S/C4H10N2.CH3NS2/c5-6-3-1-2-4-6;2-1(3)4/h1-5H2;(H3,2,3,4). The summed E-state index contributed by atoms with van der Waals surface area (Å²) in [4.78, 5) is 0. The molecule has 1 rings (SSSR count). The van der Waals surface area contributed by atoms with Gasteiger partial charge >= 0.3 is 0 Å². The Labute approximate surface area is 72.1 Å². The average molecular weight is 179 g/mol. The van der Waals surface area contributed by atoms with Gasteiger partial charge < -0.3 is 5.73 Å². The molecule has 1 fully saturated rings. The maximum absolute atomic E-state index is 5.37. The van der Waals surface area contributed by atoms with Crippen molar-refractivity contribution in [3.05, 3.63) is 0 Å². The molecule has 1 heterocycles. The first-order valence-corrected chi connectivity index (χ1v) is 3.96. The van der Waals surface area contributed by atoms with E-state index in [0.717, 1.165) is 13.1 Å². The van der Waals surface area contributed by atoms with Crippen LogP contribution in [0.3, 0.4) is 0 Å². The second kappa shape index (κ2) is 5.91. The third-order valence-corrected chi connectivity index (χ3v) is 1.14. The van der Waals surface area contributed by atoms with E-state index in [2.05, 4.69) is 24.8 Å². The van der Waals surface area contributed by atoms with E-state index in [1.54, 1.807) is 0 Å². The Kier molecular flexibility index (Phi) is 6.00. The van der Waals surface area contributed by atoms with Crippen molar-refractivity contribution in [2.45, 2.75) is 12.8 Å². The SMILES string of the molecule is NC(=S)S.NN1CCCC1. The van der Waals surface area contributed by atoms with Crippen LogP contribution in [-0.4, -0.2) is 22.4 Å². The van der Waals surface area contributed by atoms with Gasteiger partial charge in [-0.3, -0.25) is 5.84 Å². The van der Waals surface area contributed by atoms with Crippen molar-refractivity contribution < 1.29 is 0 Å². The summed E-state index contributed by atoms with van der Waals surface area (Å²) in [5.74, 6) is 5.37. The zero-order valence-corrected chi connectivity index (χ0v) is 7.50. The molecule has 0 aromatic rings. The van der Waals surface area contributed by atoms with Gasteiger partial charge in [0, 0.05) is 13.1 Å². The van der Waals surface area contributed by atoms with Crippen molar-refractivity contribution in [1.82, 2.24) is 5.01 Å². The van der Waals surface area contributed by atoms with Gasteiger partial charge in [-0.05, 0) is 12.8 Å². The molecule has 1 aliphatic heterocycles. The highest BCUT2D eigenvalue weighted by molar-refractivity contribution is 8.10. The molecular formula is C5H13N3S2. The quantitative estimate of drug-likeness (QED) is 0.281. The number of nitrogens with two attached hydrogens (primary N) is 2. The van der Waals surface area contributed by atoms with Crippen molar-refractivity contribution in [2.75, 3.05) is 13.1 Å². The van der Waals surface area contributed by atoms with Gasteiger partial charge in [0.2, 0.25) is 0 Å². The molecule has 60 valence electrons. The summed E-state index contributed by atoms with van der Waals surface area (Å²) in [6.45, 7) is 2.19. The first-order valence-electron chi connectivity index (χ1n) is 3.11. The Morgan fingerprint density at radius 1 is 1.40 bits per heavy atom. The number of thiocarbonyl (C=S) groups is 1. The van der Waals surface area contributed by atoms with Crippen LogP contribution in [0, 0.1) is 0 Å². The van der Waals surface area contributed by atoms with Crippen molar-refractivity contribution in [1.29, 1.82) is 0 Å². The van der Waals surface area contributed by atoms with Crippen molar-refractivity contribution in [2.24, 2.45) is 11.6 Å². The summed E-state index contributed by atoms with van der Waals surface area (Å²) in [5, 5.41) is 1.86. The van der Waals surface area contributed by atoms with Gasteiger partial charge in [0.1, 0.15) is 4.32 Å². The first-order chi connectivity index (χ1) is 4.63. The molecule has 0 spiro atoms. The van der Waals surface area contributed by atoms with Gasteiger partial charge in [-0.2, -0.15) is 0 Å². The molecule has 0 amide bonds. The lowest BCUT2D eigenvalue weighted by Crippen LogP contribution is -2.26. The Balaban J connectivity index is 0.000000180. The molecule has 1 saturated heterocycles. The Morgan fingerprint density at radius 2 is 1.70 bits per heavy atom. The summed E-state index contributed by atoms with van der Waals surface area (Å²) >= 11 is 7.65. The van der Waals surface area contributed by atoms with Gasteiger partial charge in [-0.25, -0.2) is 5.01 Å². The number of rotatable bonds is 0. The lowest BCUT2D eigenvalue weighted by molar-refractivity contribution is 0.355. The van der Waals surface area contributed by atoms with Crippen LogP contribution >= 0.6 is 24.8 Å². The minimum absolute atomic E-state index is 0.194. The molecule has 0 bridgehead atoms. The van der Waals surface area contributed by atoms with Crippen LogP contribution in [0.25, 0.3) is 0 Å². The van der Waals surface area contributed by atoms with E-state index in [4.69, 9.17) is 11.6 Å². The number of thiol groups is 1. The van der Waals surface area contributed by atoms with Crippen LogP contribution in [0.2, 0.25) is 0 Å². The highest BCUT2D eigenvalue weighted by atomic mass is 32.1. The third-order valence-electron chi connectivity index (χ3n) is 1.14. The lowest BCUT2D eigenvalue weighted by Gasteiger charge is -2.01. The van der Waals surface area contributed by atoms with E-state index < -0.39 is 0 Å². The maximum atomic E-state index is 5.37. The fourth-order valence-corrected chi connectivity index (χ4v) is 0.742. The summed E-state index contributed by atoms with van der Waals surface area (Å²) in [7, 11) is 0. The largest absolute Gasteiger partial charge is 0.385 e. The molecule has 0 saturated carbocycles. The number of hydrogen-bond acceptors (Lipinski definition) is 3. The molecule has 0 aromatic heterocycles. The zero-order valence-electron chi connectivity index (χ0n) is 5.79. The predicted molar refractivity (Wildman–Crippen MR) is 50.8 cm³/mol. The summed E-state index contributed by atoms with van der Waals surface area (Å²) in [5.41, 5.74) is 4.71. The van der Waals surface area contributed by atoms with Crippen molar-refractivity contribution >= 4 is 29.2 Å². The first kappa shape index (κ1) is 10.2. The molecule has 4 N–H and O–H groups in total. The second-order valence-electron chi connectivity index (χ2n) is 2.08. The number of hydrogen-bond donors (Lipinski definition) is 3. The molecule has 0 radical (unpaired) electrons. The fraction of sp³-hybridized carbons (Fsp3) is 0.800. The summed E-state index contributed by atoms with van der Waals surface area (Å²) < 4.78 is 0.194. The average Bonchev–Trinajstić information content (AvgIpc) is 2.15. The van der Waals surface area contributed by atoms with E-state index in [1.807, 2.05) is 5.01 Å². The Morgan fingerprint density at radius 3 is 1.80 bits per heavy atom. The molecule has 3 nitrogen and oxygen atoms in total. The van der Waals surface area contributed by atoms with Crippen molar-refractivity contribution in [3.63, 3.8) is 0 Å². The Hall–Kier alpha value is 0.160. The minimum Gasteiger partial charge on any atom is -0.385 e. The van der Waals surface area contributed by atoms with Crippen LogP contribution in [0.15, 0.2) is 0 Å². The normalized spacial score (nSPS) is 17.8. The highest BCUT2D eigenvalue weighted by Gasteiger charge is 2.03. The zero-order chi connectivity index (χ0) is 7.98. The van der Waals surface area contributed by atoms with E-state index in [9.17, 15) is 0 Å². The van der Waals surface area contributed by atoms with Gasteiger partial charge in [0.15, 0.2) is 0 Å². The topological polar surface area (TPSA) is 55.3 Å². The fourth-order valence-electron chi connectivity index (χ4n) is 0.742. The van der Waals surface area contributed by atoms with Crippen molar-refractivity contribution in [3.8, 4) is 0 Å². The van der Waals surface area contributed by atoms with E-state index in [1.165, 1.54) is 12.8 Å². The van der Waals surface area contributed by atoms with E-state index in [-0.39, 0.29) is 4.32 Å². The molecule has 1 aliphatic rings. The van der Waals surface area contributed by atoms with Crippen LogP contribution in [0.5, 0.6) is 0 Å². The van der Waals surface area contributed by atoms with Gasteiger partial charge in [-0.15, -0.1) is 12.6 Å². The smallest absolute Gasteiger partial charge is 0.128 e. The lowest BCUT2D eigenvalue weighted by atomic mass is 10.4. The Bertz CT molecular complexity index is 97.1. The molecule has 0 atom stereocenters. The maximum Gasteiger partial charge on any atom is 0.128 e. The summed E-state index contributed by atoms with van der Waals surface area (Å²) in [6.07, 6.45) is 2.58. The minimum atomic E-state index is 0.194. The van der Waals surface area contributed by atoms with E-state index >= 15 is 0 Å². The van der Waals surface area contributed by atoms with Crippen LogP contribution < -0.4 is 11.6 Å². The van der Waals surface area contributed by atoms with Crippen LogP contribution in [0.1, 0.15) is 12.8 Å². The molecular weight excluding hydrogens is 166 g/mol. The number of nitrogens with zero attached hydrogens (tertiary/aromatic N) is 1. The molecule has 0 aromatic carbocycles. The monoisotopic (exact) mass is 179 g/mol. The van der Waals surface area contributed by atoms with Gasteiger partial charge in [0.25, 0.3) is 0 Å². The third kappa shape index (κ3) is 8.16. The van der Waals surface area contributed by atoms with Crippen LogP contribution in [-0.2, 0) is 0 Å². The number of hydrazine groups is 1. The predicted octanol–water partition coefficient (Wildman–Crippen LogP) is 0.116. The van der Waals surface area contributed by atoms with E-state index in [0.29, 0.717) is 0 Å². The molecule has 10 heavy (non-hydrogen) atoms. The summed E-state index contributed by atoms with van der Waals surface area (Å²) in [6, 6.07) is 0. The van der Waals surface area contributed by atoms with Crippen LogP contribution in [0.4, 0.5) is 0 Å². The molecule has 5 heteroatoms. The second-order valence-corrected chi connectivity index (χ2v) is 3.31. The van der Waals surface area contributed by atoms with Gasteiger partial charge in [-0.1, -0.05) is 12.2 Å². The van der Waals surface area contributed by atoms with Gasteiger partial charge in [0.05, 0.1) is 0 Å². The molecule has 0 aliphatic carbocycles. The highest BCUT2D eigenvalue weighted by Crippen LogP contribution is 1.99.